The van der Waals surface area contributed by atoms with Gasteiger partial charge >= 0.3 is 5.97 Å². The highest BCUT2D eigenvalue weighted by Crippen LogP contribution is 2.21. The number of furan rings is 1. The van der Waals surface area contributed by atoms with Gasteiger partial charge in [0.2, 0.25) is 5.69 Å². The number of carboxylic acid groups (broad SMARTS) is 1. The number of aromatic nitrogens is 3. The molecule has 6 heteroatoms. The van der Waals surface area contributed by atoms with Gasteiger partial charge in [0.15, 0.2) is 5.76 Å². The molecular formula is C8H7N3O3. The molecule has 2 aromatic rings. The SMILES string of the molecule is Cn1nnc(C(=O)O)c1-c1ccco1. The summed E-state index contributed by atoms with van der Waals surface area (Å²) in [7, 11) is 1.61. The van der Waals surface area contributed by atoms with E-state index in [4.69, 9.17) is 9.52 Å². The fourth-order valence-corrected chi connectivity index (χ4v) is 1.19. The largest absolute Gasteiger partial charge is 0.476 e. The van der Waals surface area contributed by atoms with E-state index in [1.165, 1.54) is 10.9 Å². The molecule has 2 heterocycles. The van der Waals surface area contributed by atoms with Crippen LogP contribution in [0.5, 0.6) is 0 Å². The number of aryl methyl sites for hydroxylation is 1. The van der Waals surface area contributed by atoms with Gasteiger partial charge in [-0.15, -0.1) is 5.10 Å². The lowest BCUT2D eigenvalue weighted by Crippen LogP contribution is -2.00. The van der Waals surface area contributed by atoms with Gasteiger partial charge in [-0.05, 0) is 12.1 Å². The van der Waals surface area contributed by atoms with Gasteiger partial charge in [0.25, 0.3) is 0 Å². The van der Waals surface area contributed by atoms with Gasteiger partial charge in [0.1, 0.15) is 5.69 Å². The molecule has 14 heavy (non-hydrogen) atoms. The van der Waals surface area contributed by atoms with Gasteiger partial charge in [-0.25, -0.2) is 9.48 Å². The fourth-order valence-electron chi connectivity index (χ4n) is 1.19. The van der Waals surface area contributed by atoms with Gasteiger partial charge < -0.3 is 9.52 Å². The first-order valence-corrected chi connectivity index (χ1v) is 3.87. The lowest BCUT2D eigenvalue weighted by Gasteiger charge is -1.96. The predicted octanol–water partition coefficient (Wildman–Crippen LogP) is 0.773. The van der Waals surface area contributed by atoms with Crippen LogP contribution in [0.3, 0.4) is 0 Å². The highest BCUT2D eigenvalue weighted by molar-refractivity contribution is 5.91. The maximum Gasteiger partial charge on any atom is 0.358 e. The van der Waals surface area contributed by atoms with Crippen molar-refractivity contribution in [2.24, 2.45) is 7.05 Å². The second-order valence-corrected chi connectivity index (χ2v) is 2.69. The highest BCUT2D eigenvalue weighted by Gasteiger charge is 2.20. The van der Waals surface area contributed by atoms with E-state index in [0.29, 0.717) is 11.5 Å². The average Bonchev–Trinajstić information content (AvgIpc) is 2.71. The first-order valence-electron chi connectivity index (χ1n) is 3.87. The molecule has 0 amide bonds. The summed E-state index contributed by atoms with van der Waals surface area (Å²) in [5.41, 5.74) is 0.255. The molecular weight excluding hydrogens is 186 g/mol. The molecule has 0 aliphatic rings. The highest BCUT2D eigenvalue weighted by atomic mass is 16.4. The zero-order valence-corrected chi connectivity index (χ0v) is 7.34. The van der Waals surface area contributed by atoms with Crippen molar-refractivity contribution in [2.45, 2.75) is 0 Å². The van der Waals surface area contributed by atoms with Crippen LogP contribution in [0.1, 0.15) is 10.5 Å². The molecule has 0 radical (unpaired) electrons. The van der Waals surface area contributed by atoms with Crippen molar-refractivity contribution in [3.8, 4) is 11.5 Å². The van der Waals surface area contributed by atoms with Crippen molar-refractivity contribution < 1.29 is 14.3 Å². The van der Waals surface area contributed by atoms with Crippen molar-refractivity contribution in [1.82, 2.24) is 15.0 Å². The van der Waals surface area contributed by atoms with Crippen LogP contribution in [0.4, 0.5) is 0 Å². The number of aromatic carboxylic acids is 1. The normalized spacial score (nSPS) is 10.4. The molecule has 72 valence electrons. The second kappa shape index (κ2) is 2.99. The summed E-state index contributed by atoms with van der Waals surface area (Å²) < 4.78 is 6.45. The number of carboxylic acids is 1. The summed E-state index contributed by atoms with van der Waals surface area (Å²) >= 11 is 0. The van der Waals surface area contributed by atoms with Crippen molar-refractivity contribution >= 4 is 5.97 Å². The van der Waals surface area contributed by atoms with Crippen LogP contribution < -0.4 is 0 Å². The molecule has 6 nitrogen and oxygen atoms in total. The maximum atomic E-state index is 10.8. The Hall–Kier alpha value is -2.11. The minimum atomic E-state index is -1.12. The third-order valence-electron chi connectivity index (χ3n) is 1.78. The van der Waals surface area contributed by atoms with Crippen LogP contribution in [0, 0.1) is 0 Å². The molecule has 2 rings (SSSR count). The Morgan fingerprint density at radius 2 is 2.43 bits per heavy atom. The number of carbonyl (C=O) groups is 1. The summed E-state index contributed by atoms with van der Waals surface area (Å²) in [6.07, 6.45) is 1.47. The van der Waals surface area contributed by atoms with E-state index in [1.54, 1.807) is 19.2 Å². The van der Waals surface area contributed by atoms with E-state index < -0.39 is 5.97 Å². The third kappa shape index (κ3) is 1.17. The Kier molecular flexibility index (Phi) is 1.81. The zero-order valence-electron chi connectivity index (χ0n) is 7.34. The molecule has 2 aromatic heterocycles. The average molecular weight is 193 g/mol. The number of hydrogen-bond acceptors (Lipinski definition) is 4. The molecule has 0 atom stereocenters. The van der Waals surface area contributed by atoms with Gasteiger partial charge in [-0.2, -0.15) is 0 Å². The Bertz CT molecular complexity index is 458. The summed E-state index contributed by atoms with van der Waals surface area (Å²) in [4.78, 5) is 10.8. The van der Waals surface area contributed by atoms with E-state index in [1.807, 2.05) is 0 Å². The Morgan fingerprint density at radius 1 is 1.64 bits per heavy atom. The summed E-state index contributed by atoms with van der Waals surface area (Å²) in [5.74, 6) is -0.681. The Labute approximate surface area is 78.8 Å². The first kappa shape index (κ1) is 8.49. The van der Waals surface area contributed by atoms with E-state index in [0.717, 1.165) is 0 Å². The van der Waals surface area contributed by atoms with Crippen LogP contribution in [-0.4, -0.2) is 26.1 Å². The molecule has 0 saturated carbocycles. The smallest absolute Gasteiger partial charge is 0.358 e. The summed E-state index contributed by atoms with van der Waals surface area (Å²) in [6.45, 7) is 0. The van der Waals surface area contributed by atoms with Crippen molar-refractivity contribution in [3.63, 3.8) is 0 Å². The van der Waals surface area contributed by atoms with Gasteiger partial charge in [0, 0.05) is 7.05 Å². The fraction of sp³-hybridized carbons (Fsp3) is 0.125. The molecule has 0 saturated heterocycles. The Balaban J connectivity index is 2.62. The molecule has 0 fully saturated rings. The third-order valence-corrected chi connectivity index (χ3v) is 1.78. The van der Waals surface area contributed by atoms with E-state index in [-0.39, 0.29) is 5.69 Å². The second-order valence-electron chi connectivity index (χ2n) is 2.69. The van der Waals surface area contributed by atoms with E-state index in [2.05, 4.69) is 10.3 Å². The zero-order chi connectivity index (χ0) is 10.1. The standard InChI is InChI=1S/C8H7N3O3/c1-11-7(5-3-2-4-14-5)6(8(12)13)9-10-11/h2-4H,1H3,(H,12,13). The lowest BCUT2D eigenvalue weighted by atomic mass is 10.2. The van der Waals surface area contributed by atoms with E-state index >= 15 is 0 Å². The van der Waals surface area contributed by atoms with Gasteiger partial charge in [-0.1, -0.05) is 5.21 Å². The van der Waals surface area contributed by atoms with Gasteiger partial charge in [0.05, 0.1) is 6.26 Å². The molecule has 0 unspecified atom stereocenters. The quantitative estimate of drug-likeness (QED) is 0.761. The monoisotopic (exact) mass is 193 g/mol. The molecule has 0 aromatic carbocycles. The number of nitrogens with zero attached hydrogens (tertiary/aromatic N) is 3. The molecule has 1 N–H and O–H groups in total. The molecule has 0 aliphatic heterocycles. The van der Waals surface area contributed by atoms with Crippen molar-refractivity contribution in [2.75, 3.05) is 0 Å². The van der Waals surface area contributed by atoms with Crippen molar-refractivity contribution in [1.29, 1.82) is 0 Å². The first-order chi connectivity index (χ1) is 6.70. The predicted molar refractivity (Wildman–Crippen MR) is 45.7 cm³/mol. The summed E-state index contributed by atoms with van der Waals surface area (Å²) in [6, 6.07) is 3.33. The van der Waals surface area contributed by atoms with E-state index in [9.17, 15) is 4.79 Å². The molecule has 0 aliphatic carbocycles. The van der Waals surface area contributed by atoms with Gasteiger partial charge in [-0.3, -0.25) is 0 Å². The van der Waals surface area contributed by atoms with Crippen LogP contribution in [0.15, 0.2) is 22.8 Å². The maximum absolute atomic E-state index is 10.8. The van der Waals surface area contributed by atoms with Crippen molar-refractivity contribution in [3.05, 3.63) is 24.1 Å². The number of hydrogen-bond donors (Lipinski definition) is 1. The molecule has 0 bridgehead atoms. The topological polar surface area (TPSA) is 81.2 Å². The lowest BCUT2D eigenvalue weighted by molar-refractivity contribution is 0.0691. The molecule has 0 spiro atoms. The number of rotatable bonds is 2. The summed E-state index contributed by atoms with van der Waals surface area (Å²) in [5, 5.41) is 16.0. The van der Waals surface area contributed by atoms with Crippen LogP contribution in [0.25, 0.3) is 11.5 Å². The minimum Gasteiger partial charge on any atom is -0.476 e. The van der Waals surface area contributed by atoms with Crippen LogP contribution in [0.2, 0.25) is 0 Å². The van der Waals surface area contributed by atoms with Crippen LogP contribution >= 0.6 is 0 Å². The Morgan fingerprint density at radius 3 is 3.00 bits per heavy atom. The minimum absolute atomic E-state index is 0.109. The van der Waals surface area contributed by atoms with Crippen LogP contribution in [-0.2, 0) is 7.05 Å².